The first-order valence-corrected chi connectivity index (χ1v) is 8.82. The number of rotatable bonds is 6. The average Bonchev–Trinajstić information content (AvgIpc) is 2.88. The van der Waals surface area contributed by atoms with Gasteiger partial charge in [0.05, 0.1) is 31.8 Å². The molecule has 0 saturated carbocycles. The van der Waals surface area contributed by atoms with Crippen LogP contribution < -0.4 is 0 Å². The van der Waals surface area contributed by atoms with Crippen molar-refractivity contribution in [3.63, 3.8) is 0 Å². The largest absolute Gasteiger partial charge is 0.478 e. The Kier molecular flexibility index (Phi) is 14.3. The molecular formula is C19H34O8. The molecule has 0 spiro atoms. The van der Waals surface area contributed by atoms with Crippen LogP contribution in [-0.2, 0) is 23.9 Å². The zero-order valence-corrected chi connectivity index (χ0v) is 16.8. The van der Waals surface area contributed by atoms with Crippen LogP contribution in [0.2, 0.25) is 0 Å². The minimum atomic E-state index is -0.981. The minimum absolute atomic E-state index is 0.0255. The number of hydrogen-bond acceptors (Lipinski definition) is 7. The molecule has 0 radical (unpaired) electrons. The van der Waals surface area contributed by atoms with E-state index in [0.29, 0.717) is 13.0 Å². The van der Waals surface area contributed by atoms with Gasteiger partial charge in [0.1, 0.15) is 0 Å². The molecule has 0 bridgehead atoms. The van der Waals surface area contributed by atoms with Gasteiger partial charge < -0.3 is 24.8 Å². The maximum absolute atomic E-state index is 11.4. The first-order valence-electron chi connectivity index (χ1n) is 8.82. The van der Waals surface area contributed by atoms with Gasteiger partial charge in [0.15, 0.2) is 0 Å². The number of aliphatic hydroxyl groups excluding tert-OH is 2. The minimum Gasteiger partial charge on any atom is -0.478 e. The summed E-state index contributed by atoms with van der Waals surface area (Å²) in [6, 6.07) is 0. The number of cyclic esters (lactones) is 1. The molecule has 1 saturated heterocycles. The third-order valence-corrected chi connectivity index (χ3v) is 3.43. The van der Waals surface area contributed by atoms with Crippen molar-refractivity contribution in [1.82, 2.24) is 0 Å². The van der Waals surface area contributed by atoms with Crippen LogP contribution in [0.5, 0.6) is 0 Å². The highest BCUT2D eigenvalue weighted by Gasteiger charge is 2.30. The lowest BCUT2D eigenvalue weighted by atomic mass is 9.94. The molecular weight excluding hydrogens is 356 g/mol. The quantitative estimate of drug-likeness (QED) is 0.463. The SMILES string of the molecule is C=CC(=O)O.CC(C)(CO)COC(=O)C(C)(C)CO.O=C1CCCCCO1. The number of aliphatic hydroxyl groups is 2. The van der Waals surface area contributed by atoms with Crippen molar-refractivity contribution in [2.75, 3.05) is 26.4 Å². The highest BCUT2D eigenvalue weighted by atomic mass is 16.5. The molecule has 1 aliphatic heterocycles. The Morgan fingerprint density at radius 1 is 1.15 bits per heavy atom. The third kappa shape index (κ3) is 16.0. The molecule has 1 fully saturated rings. The van der Waals surface area contributed by atoms with Gasteiger partial charge in [-0.3, -0.25) is 9.59 Å². The lowest BCUT2D eigenvalue weighted by molar-refractivity contribution is -0.160. The zero-order chi connectivity index (χ0) is 21.5. The Labute approximate surface area is 161 Å². The second kappa shape index (κ2) is 14.2. The molecule has 1 aliphatic rings. The molecule has 0 aromatic heterocycles. The number of carbonyl (C=O) groups is 3. The molecule has 1 rings (SSSR count). The Morgan fingerprint density at radius 3 is 2.15 bits per heavy atom. The summed E-state index contributed by atoms with van der Waals surface area (Å²) in [5.74, 6) is -1.45. The van der Waals surface area contributed by atoms with Gasteiger partial charge in [0.2, 0.25) is 0 Å². The monoisotopic (exact) mass is 390 g/mol. The average molecular weight is 390 g/mol. The number of carbonyl (C=O) groups excluding carboxylic acids is 2. The molecule has 158 valence electrons. The first kappa shape index (κ1) is 27.3. The standard InChI is InChI=1S/C10H20O4.C6H10O2.C3H4O2/c1-9(2,5-11)7-14-8(13)10(3,4)6-12;7-6-4-2-1-3-5-8-6;1-2-3(4)5/h11-12H,5-7H2,1-4H3;1-5H2;2H,1H2,(H,4,5). The van der Waals surface area contributed by atoms with Gasteiger partial charge in [0.25, 0.3) is 0 Å². The fourth-order valence-corrected chi connectivity index (χ4v) is 1.37. The van der Waals surface area contributed by atoms with Gasteiger partial charge >= 0.3 is 17.9 Å². The van der Waals surface area contributed by atoms with Crippen molar-refractivity contribution in [3.8, 4) is 0 Å². The lowest BCUT2D eigenvalue weighted by Crippen LogP contribution is -2.34. The number of hydrogen-bond donors (Lipinski definition) is 3. The fraction of sp³-hybridized carbons (Fsp3) is 0.737. The highest BCUT2D eigenvalue weighted by molar-refractivity contribution is 5.78. The van der Waals surface area contributed by atoms with E-state index in [0.717, 1.165) is 25.3 Å². The molecule has 3 N–H and O–H groups in total. The smallest absolute Gasteiger partial charge is 0.327 e. The fourth-order valence-electron chi connectivity index (χ4n) is 1.37. The molecule has 1 heterocycles. The van der Waals surface area contributed by atoms with E-state index >= 15 is 0 Å². The second-order valence-electron chi connectivity index (χ2n) is 7.51. The summed E-state index contributed by atoms with van der Waals surface area (Å²) in [7, 11) is 0. The van der Waals surface area contributed by atoms with Crippen LogP contribution in [0.3, 0.4) is 0 Å². The highest BCUT2D eigenvalue weighted by Crippen LogP contribution is 2.19. The number of aliphatic carboxylic acids is 1. The molecule has 0 atom stereocenters. The van der Waals surface area contributed by atoms with Crippen LogP contribution in [0, 0.1) is 10.8 Å². The van der Waals surface area contributed by atoms with E-state index in [9.17, 15) is 14.4 Å². The normalized spacial score (nSPS) is 14.2. The van der Waals surface area contributed by atoms with Gasteiger partial charge in [-0.1, -0.05) is 20.4 Å². The summed E-state index contributed by atoms with van der Waals surface area (Å²) in [6.07, 6.45) is 4.66. The van der Waals surface area contributed by atoms with Crippen LogP contribution in [-0.4, -0.2) is 59.7 Å². The molecule has 0 amide bonds. The Bertz CT molecular complexity index is 458. The number of esters is 2. The van der Waals surface area contributed by atoms with Gasteiger partial charge in [-0.15, -0.1) is 0 Å². The maximum atomic E-state index is 11.4. The van der Waals surface area contributed by atoms with E-state index in [1.165, 1.54) is 0 Å². The number of ether oxygens (including phenoxy) is 2. The Hall–Kier alpha value is -1.93. The van der Waals surface area contributed by atoms with Gasteiger partial charge in [-0.25, -0.2) is 4.79 Å². The Balaban J connectivity index is 0. The van der Waals surface area contributed by atoms with E-state index in [2.05, 4.69) is 6.58 Å². The zero-order valence-electron chi connectivity index (χ0n) is 16.8. The van der Waals surface area contributed by atoms with E-state index in [-0.39, 0.29) is 25.8 Å². The summed E-state index contributed by atoms with van der Waals surface area (Å²) >= 11 is 0. The van der Waals surface area contributed by atoms with Gasteiger partial charge in [0, 0.05) is 17.9 Å². The van der Waals surface area contributed by atoms with Gasteiger partial charge in [-0.05, 0) is 33.1 Å². The molecule has 27 heavy (non-hydrogen) atoms. The summed E-state index contributed by atoms with van der Waals surface area (Å²) < 4.78 is 9.76. The van der Waals surface area contributed by atoms with Gasteiger partial charge in [-0.2, -0.15) is 0 Å². The summed E-state index contributed by atoms with van der Waals surface area (Å²) in [5.41, 5.74) is -1.30. The molecule has 0 unspecified atom stereocenters. The summed E-state index contributed by atoms with van der Waals surface area (Å²) in [4.78, 5) is 31.1. The summed E-state index contributed by atoms with van der Waals surface area (Å²) in [5, 5.41) is 25.4. The predicted molar refractivity (Wildman–Crippen MR) is 100.0 cm³/mol. The van der Waals surface area contributed by atoms with Crippen molar-refractivity contribution in [2.45, 2.75) is 53.4 Å². The molecule has 0 aromatic carbocycles. The van der Waals surface area contributed by atoms with Crippen molar-refractivity contribution < 1.29 is 39.2 Å². The van der Waals surface area contributed by atoms with Crippen molar-refractivity contribution in [1.29, 1.82) is 0 Å². The molecule has 8 heteroatoms. The predicted octanol–water partition coefficient (Wildman–Crippen LogP) is 1.93. The van der Waals surface area contributed by atoms with E-state index in [4.69, 9.17) is 24.8 Å². The third-order valence-electron chi connectivity index (χ3n) is 3.43. The van der Waals surface area contributed by atoms with Crippen LogP contribution in [0.4, 0.5) is 0 Å². The topological polar surface area (TPSA) is 130 Å². The number of carboxylic acid groups (broad SMARTS) is 1. The van der Waals surface area contributed by atoms with Crippen LogP contribution in [0.15, 0.2) is 12.7 Å². The maximum Gasteiger partial charge on any atom is 0.327 e. The van der Waals surface area contributed by atoms with Crippen molar-refractivity contribution in [3.05, 3.63) is 12.7 Å². The molecule has 0 aromatic rings. The van der Waals surface area contributed by atoms with E-state index in [1.807, 2.05) is 0 Å². The van der Waals surface area contributed by atoms with Crippen LogP contribution in [0.25, 0.3) is 0 Å². The second-order valence-corrected chi connectivity index (χ2v) is 7.51. The lowest BCUT2D eigenvalue weighted by Gasteiger charge is -2.25. The van der Waals surface area contributed by atoms with E-state index < -0.39 is 22.8 Å². The summed E-state index contributed by atoms with van der Waals surface area (Å²) in [6.45, 7) is 10.3. The molecule has 0 aliphatic carbocycles. The van der Waals surface area contributed by atoms with Crippen LogP contribution >= 0.6 is 0 Å². The molecule has 8 nitrogen and oxygen atoms in total. The Morgan fingerprint density at radius 2 is 1.70 bits per heavy atom. The van der Waals surface area contributed by atoms with Crippen molar-refractivity contribution >= 4 is 17.9 Å². The van der Waals surface area contributed by atoms with Crippen molar-refractivity contribution in [2.24, 2.45) is 10.8 Å². The number of carboxylic acids is 1. The first-order chi connectivity index (χ1) is 12.4. The van der Waals surface area contributed by atoms with E-state index in [1.54, 1.807) is 27.7 Å². The van der Waals surface area contributed by atoms with Crippen LogP contribution in [0.1, 0.15) is 53.4 Å².